The lowest BCUT2D eigenvalue weighted by Crippen LogP contribution is -2.32. The number of hydrogen-bond donors (Lipinski definition) is 2. The molecule has 2 amide bonds. The quantitative estimate of drug-likeness (QED) is 0.492. The average Bonchev–Trinajstić information content (AvgIpc) is 2.80. The van der Waals surface area contributed by atoms with Crippen molar-refractivity contribution in [3.63, 3.8) is 0 Å². The third-order valence-electron chi connectivity index (χ3n) is 4.70. The lowest BCUT2D eigenvalue weighted by Gasteiger charge is -2.10. The Hall–Kier alpha value is -4.59. The molecule has 8 heteroatoms. The van der Waals surface area contributed by atoms with Crippen molar-refractivity contribution in [2.24, 2.45) is 5.73 Å². The molecule has 0 saturated carbocycles. The zero-order valence-corrected chi connectivity index (χ0v) is 16.9. The molecule has 0 aliphatic carbocycles. The van der Waals surface area contributed by atoms with E-state index in [1.807, 2.05) is 36.4 Å². The van der Waals surface area contributed by atoms with Gasteiger partial charge in [0.2, 0.25) is 5.91 Å². The first-order chi connectivity index (χ1) is 15.5. The molecule has 0 aliphatic rings. The second kappa shape index (κ2) is 9.05. The number of amides is 2. The zero-order chi connectivity index (χ0) is 22.5. The smallest absolute Gasteiger partial charge is 0.275 e. The van der Waals surface area contributed by atoms with Gasteiger partial charge >= 0.3 is 0 Å². The Morgan fingerprint density at radius 3 is 2.50 bits per heavy atom. The van der Waals surface area contributed by atoms with Gasteiger partial charge in [0.1, 0.15) is 6.54 Å². The highest BCUT2D eigenvalue weighted by Gasteiger charge is 2.16. The molecule has 0 atom stereocenters. The van der Waals surface area contributed by atoms with Crippen LogP contribution in [0.4, 0.5) is 5.69 Å². The molecule has 2 aromatic carbocycles. The highest BCUT2D eigenvalue weighted by molar-refractivity contribution is 6.04. The van der Waals surface area contributed by atoms with Crippen LogP contribution in [0.25, 0.3) is 22.9 Å². The highest BCUT2D eigenvalue weighted by Crippen LogP contribution is 2.15. The topological polar surface area (TPSA) is 120 Å². The maximum absolute atomic E-state index is 12.7. The van der Waals surface area contributed by atoms with E-state index >= 15 is 0 Å². The summed E-state index contributed by atoms with van der Waals surface area (Å²) in [7, 11) is 0. The minimum Gasteiger partial charge on any atom is -0.364 e. The average molecular weight is 425 g/mol. The number of benzene rings is 2. The van der Waals surface area contributed by atoms with Gasteiger partial charge in [-0.25, -0.2) is 4.68 Å². The number of carbonyl (C=O) groups excluding carboxylic acids is 2. The Kier molecular flexibility index (Phi) is 5.85. The molecule has 32 heavy (non-hydrogen) atoms. The minimum absolute atomic E-state index is 0.0605. The molecule has 0 radical (unpaired) electrons. The predicted molar refractivity (Wildman–Crippen MR) is 123 cm³/mol. The molecule has 0 aliphatic heterocycles. The molecule has 0 saturated heterocycles. The maximum atomic E-state index is 12.7. The van der Waals surface area contributed by atoms with Crippen LogP contribution in [0.15, 0.2) is 77.7 Å². The Balaban J connectivity index is 1.54. The van der Waals surface area contributed by atoms with Crippen LogP contribution in [0.1, 0.15) is 21.7 Å². The second-order valence-corrected chi connectivity index (χ2v) is 6.98. The first-order valence-electron chi connectivity index (χ1n) is 9.80. The number of fused-ring (bicyclic) bond motifs is 1. The van der Waals surface area contributed by atoms with E-state index < -0.39 is 17.4 Å². The van der Waals surface area contributed by atoms with Crippen molar-refractivity contribution in [1.82, 2.24) is 14.8 Å². The third kappa shape index (κ3) is 4.59. The van der Waals surface area contributed by atoms with Crippen molar-refractivity contribution in [1.29, 1.82) is 0 Å². The Labute approximate surface area is 183 Å². The number of pyridine rings is 1. The van der Waals surface area contributed by atoms with Crippen LogP contribution < -0.4 is 16.6 Å². The van der Waals surface area contributed by atoms with E-state index in [2.05, 4.69) is 15.4 Å². The molecule has 2 heterocycles. The van der Waals surface area contributed by atoms with Gasteiger partial charge in [0.25, 0.3) is 11.5 Å². The van der Waals surface area contributed by atoms with Gasteiger partial charge in [-0.05, 0) is 42.0 Å². The first kappa shape index (κ1) is 20.7. The number of carbonyl (C=O) groups is 2. The largest absolute Gasteiger partial charge is 0.364 e. The fourth-order valence-corrected chi connectivity index (χ4v) is 3.24. The summed E-state index contributed by atoms with van der Waals surface area (Å²) in [6, 6.07) is 19.4. The van der Waals surface area contributed by atoms with E-state index in [-0.39, 0.29) is 17.6 Å². The van der Waals surface area contributed by atoms with Crippen molar-refractivity contribution in [3.8, 4) is 0 Å². The van der Waals surface area contributed by atoms with E-state index in [1.54, 1.807) is 48.7 Å². The molecule has 0 fully saturated rings. The van der Waals surface area contributed by atoms with Crippen LogP contribution >= 0.6 is 0 Å². The summed E-state index contributed by atoms with van der Waals surface area (Å²) in [6.45, 7) is -0.363. The number of aromatic nitrogens is 3. The second-order valence-electron chi connectivity index (χ2n) is 6.98. The Bertz CT molecular complexity index is 1390. The SMILES string of the molecule is NC(=O)c1nn(CC(=O)Nc2cccc(C=Cc3ccccn3)c2)c(=O)c2ccccc12. The number of nitrogens with two attached hydrogens (primary N) is 1. The lowest BCUT2D eigenvalue weighted by molar-refractivity contribution is -0.117. The molecule has 158 valence electrons. The van der Waals surface area contributed by atoms with Crippen molar-refractivity contribution < 1.29 is 9.59 Å². The van der Waals surface area contributed by atoms with Crippen molar-refractivity contribution in [2.45, 2.75) is 6.54 Å². The summed E-state index contributed by atoms with van der Waals surface area (Å²) in [5.41, 5.74) is 7.11. The van der Waals surface area contributed by atoms with Crippen molar-refractivity contribution in [3.05, 3.63) is 100 Å². The summed E-state index contributed by atoms with van der Waals surface area (Å²) < 4.78 is 0.947. The van der Waals surface area contributed by atoms with Crippen LogP contribution in [-0.4, -0.2) is 26.6 Å². The molecular formula is C24H19N5O3. The number of primary amides is 1. The van der Waals surface area contributed by atoms with Crippen LogP contribution in [-0.2, 0) is 11.3 Å². The van der Waals surface area contributed by atoms with Gasteiger partial charge in [-0.2, -0.15) is 5.10 Å². The normalized spacial score (nSPS) is 11.0. The number of nitrogens with one attached hydrogen (secondary N) is 1. The molecule has 0 bridgehead atoms. The van der Waals surface area contributed by atoms with E-state index in [1.165, 1.54) is 0 Å². The van der Waals surface area contributed by atoms with Gasteiger partial charge < -0.3 is 11.1 Å². The van der Waals surface area contributed by atoms with Gasteiger partial charge in [-0.3, -0.25) is 19.4 Å². The molecule has 3 N–H and O–H groups in total. The number of nitrogens with zero attached hydrogens (tertiary/aromatic N) is 3. The fourth-order valence-electron chi connectivity index (χ4n) is 3.24. The monoisotopic (exact) mass is 425 g/mol. The van der Waals surface area contributed by atoms with Crippen molar-refractivity contribution in [2.75, 3.05) is 5.32 Å². The van der Waals surface area contributed by atoms with E-state index in [0.29, 0.717) is 11.1 Å². The van der Waals surface area contributed by atoms with Gasteiger partial charge in [-0.1, -0.05) is 42.5 Å². The zero-order valence-electron chi connectivity index (χ0n) is 16.9. The Morgan fingerprint density at radius 1 is 0.969 bits per heavy atom. The first-order valence-corrected chi connectivity index (χ1v) is 9.80. The Morgan fingerprint density at radius 2 is 1.75 bits per heavy atom. The highest BCUT2D eigenvalue weighted by atomic mass is 16.2. The summed E-state index contributed by atoms with van der Waals surface area (Å²) >= 11 is 0. The van der Waals surface area contributed by atoms with Gasteiger partial charge in [0.05, 0.1) is 11.1 Å². The van der Waals surface area contributed by atoms with E-state index in [4.69, 9.17) is 5.73 Å². The van der Waals surface area contributed by atoms with E-state index in [0.717, 1.165) is 15.9 Å². The summed E-state index contributed by atoms with van der Waals surface area (Å²) in [4.78, 5) is 41.3. The molecule has 2 aromatic heterocycles. The van der Waals surface area contributed by atoms with E-state index in [9.17, 15) is 14.4 Å². The van der Waals surface area contributed by atoms with Crippen LogP contribution in [0.5, 0.6) is 0 Å². The summed E-state index contributed by atoms with van der Waals surface area (Å²) in [5.74, 6) is -1.24. The predicted octanol–water partition coefficient (Wildman–Crippen LogP) is 2.70. The van der Waals surface area contributed by atoms with Crippen molar-refractivity contribution >= 4 is 40.4 Å². The number of hydrogen-bond acceptors (Lipinski definition) is 5. The number of anilines is 1. The molecule has 8 nitrogen and oxygen atoms in total. The molecule has 0 unspecified atom stereocenters. The van der Waals surface area contributed by atoms with Gasteiger partial charge in [0, 0.05) is 17.3 Å². The molecular weight excluding hydrogens is 406 g/mol. The van der Waals surface area contributed by atoms with Gasteiger partial charge in [-0.15, -0.1) is 0 Å². The number of rotatable bonds is 6. The van der Waals surface area contributed by atoms with Gasteiger partial charge in [0.15, 0.2) is 5.69 Å². The summed E-state index contributed by atoms with van der Waals surface area (Å²) in [6.07, 6.45) is 5.46. The van der Waals surface area contributed by atoms with Crippen LogP contribution in [0.3, 0.4) is 0 Å². The standard InChI is InChI=1S/C24H19N5O3/c25-23(31)22-19-9-1-2-10-20(19)24(32)29(28-22)15-21(30)27-18-8-5-6-16(14-18)11-12-17-7-3-4-13-26-17/h1-14H,15H2,(H2,25,31)(H,27,30). The summed E-state index contributed by atoms with van der Waals surface area (Å²) in [5, 5.41) is 7.39. The minimum atomic E-state index is -0.775. The maximum Gasteiger partial charge on any atom is 0.275 e. The molecule has 4 aromatic rings. The van der Waals surface area contributed by atoms with Crippen LogP contribution in [0, 0.1) is 0 Å². The fraction of sp³-hybridized carbons (Fsp3) is 0.0417. The molecule has 4 rings (SSSR count). The van der Waals surface area contributed by atoms with Crippen LogP contribution in [0.2, 0.25) is 0 Å². The third-order valence-corrected chi connectivity index (χ3v) is 4.70. The molecule has 0 spiro atoms. The lowest BCUT2D eigenvalue weighted by atomic mass is 10.1.